The van der Waals surface area contributed by atoms with E-state index in [-0.39, 0.29) is 30.0 Å². The Morgan fingerprint density at radius 2 is 2.24 bits per heavy atom. The van der Waals surface area contributed by atoms with Crippen molar-refractivity contribution in [2.45, 2.75) is 19.4 Å². The fraction of sp³-hybridized carbons (Fsp3) is 0.438. The topological polar surface area (TPSA) is 111 Å². The number of aromatic nitrogens is 4. The Morgan fingerprint density at radius 1 is 1.40 bits per heavy atom. The molecule has 1 fully saturated rings. The van der Waals surface area contributed by atoms with Crippen LogP contribution in [0.25, 0.3) is 11.5 Å². The van der Waals surface area contributed by atoms with E-state index in [1.54, 1.807) is 25.4 Å². The largest absolute Gasteiger partial charge is 0.355 e. The van der Waals surface area contributed by atoms with E-state index < -0.39 is 0 Å². The molecule has 1 saturated heterocycles. The van der Waals surface area contributed by atoms with Crippen LogP contribution in [-0.4, -0.2) is 44.2 Å². The van der Waals surface area contributed by atoms with E-state index in [2.05, 4.69) is 20.7 Å². The van der Waals surface area contributed by atoms with Crippen LogP contribution < -0.4 is 16.3 Å². The second-order valence-corrected chi connectivity index (χ2v) is 5.93. The van der Waals surface area contributed by atoms with Crippen molar-refractivity contribution in [2.75, 3.05) is 13.1 Å². The number of nitrogens with one attached hydrogen (secondary N) is 2. The molecule has 0 spiro atoms. The molecule has 25 heavy (non-hydrogen) atoms. The lowest BCUT2D eigenvalue weighted by atomic mass is 9.98. The van der Waals surface area contributed by atoms with Gasteiger partial charge in [-0.2, -0.15) is 0 Å². The molecule has 0 aromatic carbocycles. The molecule has 3 rings (SSSR count). The smallest absolute Gasteiger partial charge is 0.346 e. The fourth-order valence-electron chi connectivity index (χ4n) is 2.74. The average molecular weight is 344 g/mol. The summed E-state index contributed by atoms with van der Waals surface area (Å²) in [6.07, 6.45) is 2.55. The molecule has 0 saturated carbocycles. The number of rotatable bonds is 5. The second-order valence-electron chi connectivity index (χ2n) is 5.93. The molecule has 0 aliphatic carbocycles. The molecule has 1 aliphatic heterocycles. The van der Waals surface area contributed by atoms with Gasteiger partial charge in [0.15, 0.2) is 5.82 Å². The fourth-order valence-corrected chi connectivity index (χ4v) is 2.74. The maximum atomic E-state index is 12.3. The van der Waals surface area contributed by atoms with Gasteiger partial charge in [-0.25, -0.2) is 9.48 Å². The van der Waals surface area contributed by atoms with Crippen molar-refractivity contribution in [1.29, 1.82) is 0 Å². The summed E-state index contributed by atoms with van der Waals surface area (Å²) in [4.78, 5) is 39.7. The van der Waals surface area contributed by atoms with Crippen LogP contribution >= 0.6 is 0 Å². The molecule has 1 aliphatic rings. The first-order valence-corrected chi connectivity index (χ1v) is 8.16. The van der Waals surface area contributed by atoms with Gasteiger partial charge in [0.1, 0.15) is 5.69 Å². The van der Waals surface area contributed by atoms with Gasteiger partial charge in [0.05, 0.1) is 12.5 Å². The van der Waals surface area contributed by atoms with E-state index in [4.69, 9.17) is 0 Å². The van der Waals surface area contributed by atoms with Crippen LogP contribution in [0.5, 0.6) is 0 Å². The lowest BCUT2D eigenvalue weighted by molar-refractivity contribution is -0.128. The molecule has 3 heterocycles. The van der Waals surface area contributed by atoms with Crippen LogP contribution in [-0.2, 0) is 23.2 Å². The van der Waals surface area contributed by atoms with Crippen molar-refractivity contribution in [3.8, 4) is 11.5 Å². The van der Waals surface area contributed by atoms with Gasteiger partial charge in [-0.15, -0.1) is 5.10 Å². The Balaban J connectivity index is 1.60. The molecule has 0 radical (unpaired) electrons. The zero-order valence-electron chi connectivity index (χ0n) is 13.9. The SMILES string of the molecule is Cn1c(-c2ccccn2)nn(CCNC(=O)C2CCC(=O)NC2)c1=O. The van der Waals surface area contributed by atoms with E-state index in [9.17, 15) is 14.4 Å². The summed E-state index contributed by atoms with van der Waals surface area (Å²) in [6.45, 7) is 0.921. The van der Waals surface area contributed by atoms with Crippen LogP contribution in [0.1, 0.15) is 12.8 Å². The van der Waals surface area contributed by atoms with Crippen molar-refractivity contribution in [1.82, 2.24) is 30.0 Å². The standard InChI is InChI=1S/C16H20N6O3/c1-21-14(12-4-2-3-7-17-12)20-22(16(21)25)9-8-18-15(24)11-5-6-13(23)19-10-11/h2-4,7,11H,5-6,8-10H2,1H3,(H,18,24)(H,19,23). The highest BCUT2D eigenvalue weighted by Crippen LogP contribution is 2.11. The third-order valence-electron chi connectivity index (χ3n) is 4.19. The Kier molecular flexibility index (Phi) is 4.92. The number of nitrogens with zero attached hydrogens (tertiary/aromatic N) is 4. The van der Waals surface area contributed by atoms with E-state index in [0.29, 0.717) is 37.4 Å². The molecule has 2 aromatic heterocycles. The maximum absolute atomic E-state index is 12.3. The van der Waals surface area contributed by atoms with Crippen LogP contribution in [0.3, 0.4) is 0 Å². The summed E-state index contributed by atoms with van der Waals surface area (Å²) in [5, 5.41) is 9.77. The number of piperidine rings is 1. The number of amides is 2. The summed E-state index contributed by atoms with van der Waals surface area (Å²) >= 11 is 0. The van der Waals surface area contributed by atoms with E-state index in [1.807, 2.05) is 6.07 Å². The molecule has 2 amide bonds. The molecular weight excluding hydrogens is 324 g/mol. The average Bonchev–Trinajstić information content (AvgIpc) is 2.91. The predicted octanol–water partition coefficient (Wildman–Crippen LogP) is -0.714. The lowest BCUT2D eigenvalue weighted by Gasteiger charge is -2.21. The summed E-state index contributed by atoms with van der Waals surface area (Å²) in [5.41, 5.74) is 0.350. The van der Waals surface area contributed by atoms with Crippen molar-refractivity contribution in [3.63, 3.8) is 0 Å². The van der Waals surface area contributed by atoms with Gasteiger partial charge in [0.2, 0.25) is 11.8 Å². The molecule has 2 N–H and O–H groups in total. The summed E-state index contributed by atoms with van der Waals surface area (Å²) < 4.78 is 2.74. The van der Waals surface area contributed by atoms with E-state index in [0.717, 1.165) is 0 Å². The third kappa shape index (κ3) is 3.76. The molecule has 132 valence electrons. The van der Waals surface area contributed by atoms with Gasteiger partial charge in [0.25, 0.3) is 0 Å². The highest BCUT2D eigenvalue weighted by atomic mass is 16.2. The zero-order valence-corrected chi connectivity index (χ0v) is 13.9. The predicted molar refractivity (Wildman–Crippen MR) is 89.4 cm³/mol. The minimum atomic E-state index is -0.264. The lowest BCUT2D eigenvalue weighted by Crippen LogP contribution is -2.43. The Labute approximate surface area is 144 Å². The minimum Gasteiger partial charge on any atom is -0.355 e. The van der Waals surface area contributed by atoms with Crippen molar-refractivity contribution < 1.29 is 9.59 Å². The van der Waals surface area contributed by atoms with Gasteiger partial charge in [0, 0.05) is 32.8 Å². The van der Waals surface area contributed by atoms with Crippen LogP contribution in [0.2, 0.25) is 0 Å². The molecule has 1 atom stereocenters. The summed E-state index contributed by atoms with van der Waals surface area (Å²) in [5.74, 6) is 0.120. The molecule has 0 bridgehead atoms. The van der Waals surface area contributed by atoms with Crippen LogP contribution in [0.4, 0.5) is 0 Å². The number of pyridine rings is 1. The van der Waals surface area contributed by atoms with E-state index >= 15 is 0 Å². The summed E-state index contributed by atoms with van der Waals surface area (Å²) in [6, 6.07) is 5.40. The quantitative estimate of drug-likeness (QED) is 0.744. The first-order chi connectivity index (χ1) is 12.1. The van der Waals surface area contributed by atoms with Gasteiger partial charge >= 0.3 is 5.69 Å². The highest BCUT2D eigenvalue weighted by Gasteiger charge is 2.24. The van der Waals surface area contributed by atoms with Crippen molar-refractivity contribution >= 4 is 11.8 Å². The number of hydrogen-bond donors (Lipinski definition) is 2. The van der Waals surface area contributed by atoms with Crippen molar-refractivity contribution in [2.24, 2.45) is 13.0 Å². The van der Waals surface area contributed by atoms with Gasteiger partial charge in [-0.3, -0.25) is 19.1 Å². The maximum Gasteiger partial charge on any atom is 0.346 e. The normalized spacial score (nSPS) is 17.2. The first-order valence-electron chi connectivity index (χ1n) is 8.16. The molecule has 1 unspecified atom stereocenters. The third-order valence-corrected chi connectivity index (χ3v) is 4.19. The number of carbonyl (C=O) groups is 2. The number of carbonyl (C=O) groups excluding carboxylic acids is 2. The highest BCUT2D eigenvalue weighted by molar-refractivity contribution is 5.83. The van der Waals surface area contributed by atoms with Crippen molar-refractivity contribution in [3.05, 3.63) is 34.9 Å². The van der Waals surface area contributed by atoms with Gasteiger partial charge < -0.3 is 10.6 Å². The zero-order chi connectivity index (χ0) is 17.8. The molecule has 9 nitrogen and oxygen atoms in total. The van der Waals surface area contributed by atoms with E-state index in [1.165, 1.54) is 9.25 Å². The summed E-state index contributed by atoms with van der Waals surface area (Å²) in [7, 11) is 1.64. The molecular formula is C16H20N6O3. The van der Waals surface area contributed by atoms with Gasteiger partial charge in [-0.1, -0.05) is 6.07 Å². The Morgan fingerprint density at radius 3 is 2.92 bits per heavy atom. The minimum absolute atomic E-state index is 0.0221. The Hall–Kier alpha value is -2.97. The van der Waals surface area contributed by atoms with Crippen LogP contribution in [0, 0.1) is 5.92 Å². The number of hydrogen-bond acceptors (Lipinski definition) is 5. The van der Waals surface area contributed by atoms with Crippen LogP contribution in [0.15, 0.2) is 29.2 Å². The monoisotopic (exact) mass is 344 g/mol. The molecule has 9 heteroatoms. The van der Waals surface area contributed by atoms with Gasteiger partial charge in [-0.05, 0) is 18.6 Å². The molecule has 2 aromatic rings. The Bertz CT molecular complexity index is 816. The first kappa shape index (κ1) is 16.9. The second kappa shape index (κ2) is 7.29.